The molecule has 0 aromatic carbocycles. The van der Waals surface area contributed by atoms with Gasteiger partial charge in [-0.2, -0.15) is 0 Å². The van der Waals surface area contributed by atoms with E-state index < -0.39 is 51.1 Å². The van der Waals surface area contributed by atoms with E-state index in [1.807, 2.05) is 0 Å². The standard InChI is InChI=1S/C53H96NO10P/c1-3-5-7-9-11-13-15-17-19-21-23-24-25-27-29-31-33-35-37-39-41-43-45-52(56)64-49(47-62-65(59,60)63-48-50(54)53(57)58)46-61-51(55)44-42-40-38-36-34-32-30-28-26-22-20-18-16-14-12-10-8-6-4-2/h12,14,18,20,26,28,32,34,49-50H,3-11,13,15-17,19,21-25,27,29-31,33,35-48,54H2,1-2H3,(H,57,58)(H,59,60)/b14-12+,20-18+,28-26+,34-32+/t49-,50+/m1/s1. The normalized spacial score (nSPS) is 13.9. The lowest BCUT2D eigenvalue weighted by atomic mass is 10.0. The van der Waals surface area contributed by atoms with Gasteiger partial charge in [-0.3, -0.25) is 23.4 Å². The lowest BCUT2D eigenvalue weighted by Gasteiger charge is -2.20. The lowest BCUT2D eigenvalue weighted by Crippen LogP contribution is -2.34. The predicted octanol–water partition coefficient (Wildman–Crippen LogP) is 14.9. The highest BCUT2D eigenvalue weighted by atomic mass is 31.2. The molecule has 65 heavy (non-hydrogen) atoms. The first kappa shape index (κ1) is 62.4. The second-order valence-electron chi connectivity index (χ2n) is 17.7. The zero-order valence-electron chi connectivity index (χ0n) is 41.3. The molecule has 0 heterocycles. The summed E-state index contributed by atoms with van der Waals surface area (Å²) in [5.41, 5.74) is 5.35. The van der Waals surface area contributed by atoms with Crippen LogP contribution in [-0.4, -0.2) is 59.9 Å². The summed E-state index contributed by atoms with van der Waals surface area (Å²) in [7, 11) is -4.73. The number of nitrogens with two attached hydrogens (primary N) is 1. The number of carboxylic acid groups (broad SMARTS) is 1. The Balaban J connectivity index is 4.27. The fraction of sp³-hybridized carbons (Fsp3) is 0.792. The van der Waals surface area contributed by atoms with Crippen molar-refractivity contribution < 1.29 is 47.5 Å². The molecule has 12 heteroatoms. The molecule has 0 rings (SSSR count). The Morgan fingerprint density at radius 3 is 1.25 bits per heavy atom. The van der Waals surface area contributed by atoms with Crippen LogP contribution in [0.2, 0.25) is 0 Å². The van der Waals surface area contributed by atoms with Crippen LogP contribution < -0.4 is 5.73 Å². The fourth-order valence-electron chi connectivity index (χ4n) is 7.23. The molecule has 0 radical (unpaired) electrons. The van der Waals surface area contributed by atoms with E-state index in [1.165, 1.54) is 141 Å². The molecule has 378 valence electrons. The zero-order chi connectivity index (χ0) is 47.7. The van der Waals surface area contributed by atoms with Crippen molar-refractivity contribution in [3.05, 3.63) is 48.6 Å². The van der Waals surface area contributed by atoms with Gasteiger partial charge in [0.05, 0.1) is 13.2 Å². The smallest absolute Gasteiger partial charge is 0.472 e. The first-order valence-corrected chi connectivity index (χ1v) is 27.7. The summed E-state index contributed by atoms with van der Waals surface area (Å²) in [4.78, 5) is 46.2. The van der Waals surface area contributed by atoms with Gasteiger partial charge >= 0.3 is 25.7 Å². The van der Waals surface area contributed by atoms with Gasteiger partial charge in [0.1, 0.15) is 12.6 Å². The van der Waals surface area contributed by atoms with Crippen molar-refractivity contribution >= 4 is 25.7 Å². The topological polar surface area (TPSA) is 172 Å². The number of phosphoric ester groups is 1. The van der Waals surface area contributed by atoms with E-state index in [9.17, 15) is 23.8 Å². The molecule has 0 bridgehead atoms. The van der Waals surface area contributed by atoms with Crippen LogP contribution in [0.25, 0.3) is 0 Å². The van der Waals surface area contributed by atoms with E-state index in [4.69, 9.17) is 24.8 Å². The number of hydrogen-bond acceptors (Lipinski definition) is 9. The first-order valence-electron chi connectivity index (χ1n) is 26.2. The number of unbranched alkanes of at least 4 members (excludes halogenated alkanes) is 27. The average Bonchev–Trinajstić information content (AvgIpc) is 3.28. The fourth-order valence-corrected chi connectivity index (χ4v) is 8.00. The molecule has 4 N–H and O–H groups in total. The number of ether oxygens (including phenoxy) is 2. The van der Waals surface area contributed by atoms with E-state index in [-0.39, 0.29) is 19.4 Å². The Hall–Kier alpha value is -2.56. The molecule has 0 spiro atoms. The van der Waals surface area contributed by atoms with Crippen molar-refractivity contribution in [2.45, 2.75) is 251 Å². The van der Waals surface area contributed by atoms with Gasteiger partial charge in [-0.25, -0.2) is 4.57 Å². The van der Waals surface area contributed by atoms with E-state index in [0.29, 0.717) is 12.8 Å². The Labute approximate surface area is 396 Å². The van der Waals surface area contributed by atoms with E-state index >= 15 is 0 Å². The zero-order valence-corrected chi connectivity index (χ0v) is 42.2. The molecular formula is C53H96NO10P. The number of esters is 2. The van der Waals surface area contributed by atoms with Crippen LogP contribution in [0.5, 0.6) is 0 Å². The van der Waals surface area contributed by atoms with E-state index in [2.05, 4.69) is 67.0 Å². The second-order valence-corrected chi connectivity index (χ2v) is 19.1. The molecule has 1 unspecified atom stereocenters. The average molecular weight is 938 g/mol. The predicted molar refractivity (Wildman–Crippen MR) is 268 cm³/mol. The van der Waals surface area contributed by atoms with Gasteiger partial charge in [0, 0.05) is 12.8 Å². The summed E-state index contributed by atoms with van der Waals surface area (Å²) in [6.45, 7) is 2.78. The summed E-state index contributed by atoms with van der Waals surface area (Å²) < 4.78 is 32.8. The molecule has 0 saturated carbocycles. The molecule has 3 atom stereocenters. The van der Waals surface area contributed by atoms with E-state index in [0.717, 1.165) is 57.8 Å². The summed E-state index contributed by atoms with van der Waals surface area (Å²) in [5.74, 6) is -2.41. The van der Waals surface area contributed by atoms with Crippen LogP contribution in [0, 0.1) is 0 Å². The molecule has 0 fully saturated rings. The van der Waals surface area contributed by atoms with Crippen molar-refractivity contribution in [1.29, 1.82) is 0 Å². The maximum Gasteiger partial charge on any atom is 0.472 e. The van der Waals surface area contributed by atoms with Crippen LogP contribution in [-0.2, 0) is 37.5 Å². The Bertz CT molecular complexity index is 1280. The third-order valence-electron chi connectivity index (χ3n) is 11.3. The Morgan fingerprint density at radius 1 is 0.477 bits per heavy atom. The number of carbonyl (C=O) groups is 3. The van der Waals surface area contributed by atoms with E-state index in [1.54, 1.807) is 0 Å². The number of hydrogen-bond donors (Lipinski definition) is 3. The van der Waals surface area contributed by atoms with Crippen molar-refractivity contribution in [1.82, 2.24) is 0 Å². The highest BCUT2D eigenvalue weighted by Gasteiger charge is 2.28. The van der Waals surface area contributed by atoms with Crippen molar-refractivity contribution in [2.24, 2.45) is 5.73 Å². The number of phosphoric acid groups is 1. The third-order valence-corrected chi connectivity index (χ3v) is 12.3. The van der Waals surface area contributed by atoms with Gasteiger partial charge in [-0.1, -0.05) is 217 Å². The van der Waals surface area contributed by atoms with Crippen molar-refractivity contribution in [2.75, 3.05) is 19.8 Å². The SMILES string of the molecule is CCCCC/C=C/C/C=C/C/C=C/C/C=C/CCCCCC(=O)OC[C@H](COP(=O)(O)OC[C@H](N)C(=O)O)OC(=O)CCCCCCCCCCCCCCCCCCCCCCCC. The summed E-state index contributed by atoms with van der Waals surface area (Å²) in [6.07, 6.45) is 56.0. The molecule has 0 amide bonds. The minimum atomic E-state index is -4.73. The molecule has 0 aromatic rings. The molecular weight excluding hydrogens is 842 g/mol. The van der Waals surface area contributed by atoms with Gasteiger partial charge in [-0.05, 0) is 57.8 Å². The second kappa shape index (κ2) is 47.9. The minimum absolute atomic E-state index is 0.157. The third kappa shape index (κ3) is 47.7. The lowest BCUT2D eigenvalue weighted by molar-refractivity contribution is -0.161. The van der Waals surface area contributed by atoms with Gasteiger partial charge in [0.15, 0.2) is 6.10 Å². The summed E-state index contributed by atoms with van der Waals surface area (Å²) >= 11 is 0. The van der Waals surface area contributed by atoms with Crippen LogP contribution in [0.15, 0.2) is 48.6 Å². The van der Waals surface area contributed by atoms with Gasteiger partial charge < -0.3 is 25.2 Å². The van der Waals surface area contributed by atoms with Gasteiger partial charge in [0.25, 0.3) is 0 Å². The number of carbonyl (C=O) groups excluding carboxylic acids is 2. The monoisotopic (exact) mass is 938 g/mol. The van der Waals surface area contributed by atoms with Crippen molar-refractivity contribution in [3.8, 4) is 0 Å². The Morgan fingerprint density at radius 2 is 0.815 bits per heavy atom. The Kier molecular flexibility index (Phi) is 46.0. The summed E-state index contributed by atoms with van der Waals surface area (Å²) in [5, 5.41) is 8.92. The number of carboxylic acids is 1. The first-order chi connectivity index (χ1) is 31.6. The number of rotatable bonds is 49. The van der Waals surface area contributed by atoms with Gasteiger partial charge in [0.2, 0.25) is 0 Å². The largest absolute Gasteiger partial charge is 0.480 e. The number of allylic oxidation sites excluding steroid dienone is 8. The molecule has 0 aliphatic rings. The molecule has 0 saturated heterocycles. The van der Waals surface area contributed by atoms with Crippen LogP contribution in [0.4, 0.5) is 0 Å². The number of aliphatic carboxylic acids is 1. The molecule has 0 aromatic heterocycles. The molecule has 0 aliphatic carbocycles. The maximum atomic E-state index is 12.7. The van der Waals surface area contributed by atoms with Crippen molar-refractivity contribution in [3.63, 3.8) is 0 Å². The maximum absolute atomic E-state index is 12.7. The minimum Gasteiger partial charge on any atom is -0.480 e. The molecule has 11 nitrogen and oxygen atoms in total. The highest BCUT2D eigenvalue weighted by Crippen LogP contribution is 2.43. The summed E-state index contributed by atoms with van der Waals surface area (Å²) in [6, 6.07) is -1.53. The quantitative estimate of drug-likeness (QED) is 0.0229. The highest BCUT2D eigenvalue weighted by molar-refractivity contribution is 7.47. The molecule has 0 aliphatic heterocycles. The van der Waals surface area contributed by atoms with Crippen LogP contribution >= 0.6 is 7.82 Å². The van der Waals surface area contributed by atoms with Gasteiger partial charge in [-0.15, -0.1) is 0 Å². The van der Waals surface area contributed by atoms with Crippen LogP contribution in [0.3, 0.4) is 0 Å². The van der Waals surface area contributed by atoms with Crippen LogP contribution in [0.1, 0.15) is 239 Å².